The summed E-state index contributed by atoms with van der Waals surface area (Å²) < 4.78 is 0. The largest absolute Gasteiger partial charge is 0.550 e. The number of unbranched alkanes of at least 4 members (excludes halogenated alkanes) is 6. The van der Waals surface area contributed by atoms with E-state index in [9.17, 15) is 24.3 Å². The molecule has 0 aliphatic heterocycles. The maximum absolute atomic E-state index is 11.4. The first-order valence-corrected chi connectivity index (χ1v) is 17.1. The van der Waals surface area contributed by atoms with Gasteiger partial charge in [-0.2, -0.15) is 0 Å². The van der Waals surface area contributed by atoms with E-state index in [1.807, 2.05) is 24.3 Å². The molecular weight excluding hydrogens is 576 g/mol. The van der Waals surface area contributed by atoms with E-state index in [-0.39, 0.29) is 30.8 Å². The lowest BCUT2D eigenvalue weighted by Gasteiger charge is -1.98. The molecular formula is C40H59O6-. The van der Waals surface area contributed by atoms with Gasteiger partial charge in [0.2, 0.25) is 0 Å². The predicted octanol–water partition coefficient (Wildman–Crippen LogP) is 9.46. The third-order valence-electron chi connectivity index (χ3n) is 6.38. The average molecular weight is 636 g/mol. The third-order valence-corrected chi connectivity index (χ3v) is 6.38. The highest BCUT2D eigenvalue weighted by Gasteiger charge is 2.00. The van der Waals surface area contributed by atoms with E-state index in [2.05, 4.69) is 62.5 Å². The van der Waals surface area contributed by atoms with Gasteiger partial charge in [-0.3, -0.25) is 14.4 Å². The Morgan fingerprint density at radius 1 is 0.478 bits per heavy atom. The molecule has 0 saturated heterocycles. The molecule has 0 aliphatic rings. The number of hydrogen-bond acceptors (Lipinski definition) is 5. The van der Waals surface area contributed by atoms with Gasteiger partial charge in [0, 0.05) is 25.2 Å². The Labute approximate surface area is 279 Å². The molecule has 0 bridgehead atoms. The minimum Gasteiger partial charge on any atom is -0.550 e. The van der Waals surface area contributed by atoms with Crippen molar-refractivity contribution in [2.24, 2.45) is 0 Å². The second-order valence-electron chi connectivity index (χ2n) is 10.8. The van der Waals surface area contributed by atoms with Crippen LogP contribution < -0.4 is 5.11 Å². The van der Waals surface area contributed by atoms with Crippen molar-refractivity contribution in [3.8, 4) is 0 Å². The molecule has 0 aliphatic carbocycles. The zero-order valence-corrected chi connectivity index (χ0v) is 28.5. The van der Waals surface area contributed by atoms with Crippen LogP contribution in [-0.4, -0.2) is 28.6 Å². The zero-order chi connectivity index (χ0) is 34.4. The summed E-state index contributed by atoms with van der Waals surface area (Å²) >= 11 is 0. The number of hydrogen-bond donors (Lipinski definition) is 1. The van der Waals surface area contributed by atoms with Gasteiger partial charge < -0.3 is 15.0 Å². The maximum atomic E-state index is 11.4. The highest BCUT2D eigenvalue weighted by molar-refractivity contribution is 5.90. The van der Waals surface area contributed by atoms with E-state index in [1.54, 1.807) is 12.2 Å². The lowest BCUT2D eigenvalue weighted by molar-refractivity contribution is -0.305. The molecule has 0 spiro atoms. The van der Waals surface area contributed by atoms with Gasteiger partial charge in [-0.1, -0.05) is 125 Å². The van der Waals surface area contributed by atoms with E-state index >= 15 is 0 Å². The van der Waals surface area contributed by atoms with Crippen LogP contribution in [0.5, 0.6) is 0 Å². The van der Waals surface area contributed by atoms with Crippen molar-refractivity contribution in [3.63, 3.8) is 0 Å². The van der Waals surface area contributed by atoms with Crippen molar-refractivity contribution in [2.45, 2.75) is 129 Å². The van der Waals surface area contributed by atoms with Gasteiger partial charge >= 0.3 is 5.97 Å². The molecule has 0 aromatic rings. The van der Waals surface area contributed by atoms with E-state index in [0.717, 1.165) is 25.7 Å². The molecule has 46 heavy (non-hydrogen) atoms. The van der Waals surface area contributed by atoms with Crippen LogP contribution in [0.3, 0.4) is 0 Å². The number of rotatable bonds is 28. The second kappa shape index (κ2) is 37.4. The highest BCUT2D eigenvalue weighted by Crippen LogP contribution is 2.02. The fraction of sp³-hybridized carbons (Fsp3) is 0.500. The second-order valence-corrected chi connectivity index (χ2v) is 10.8. The quantitative estimate of drug-likeness (QED) is 0.0397. The number of allylic oxidation sites excluding steroid dienone is 16. The number of aliphatic carboxylic acids is 2. The molecule has 6 nitrogen and oxygen atoms in total. The van der Waals surface area contributed by atoms with Gasteiger partial charge in [0.15, 0.2) is 11.6 Å². The molecule has 0 aromatic heterocycles. The fourth-order valence-electron chi connectivity index (χ4n) is 3.78. The van der Waals surface area contributed by atoms with E-state index in [4.69, 9.17) is 5.11 Å². The van der Waals surface area contributed by atoms with Crippen molar-refractivity contribution in [2.75, 3.05) is 0 Å². The lowest BCUT2D eigenvalue weighted by atomic mass is 10.1. The zero-order valence-electron chi connectivity index (χ0n) is 28.5. The first kappa shape index (κ1) is 44.3. The molecule has 0 radical (unpaired) electrons. The molecule has 0 saturated carbocycles. The van der Waals surface area contributed by atoms with Crippen LogP contribution in [0, 0.1) is 0 Å². The van der Waals surface area contributed by atoms with Gasteiger partial charge in [0.1, 0.15) is 0 Å². The molecule has 256 valence electrons. The summed E-state index contributed by atoms with van der Waals surface area (Å²) in [5, 5.41) is 18.7. The monoisotopic (exact) mass is 635 g/mol. The smallest absolute Gasteiger partial charge is 0.303 e. The topological polar surface area (TPSA) is 112 Å². The average Bonchev–Trinajstić information content (AvgIpc) is 3.01. The van der Waals surface area contributed by atoms with E-state index in [1.165, 1.54) is 63.5 Å². The number of carboxylic acids is 2. The van der Waals surface area contributed by atoms with Crippen LogP contribution in [0.15, 0.2) is 97.2 Å². The van der Waals surface area contributed by atoms with Crippen LogP contribution in [0.4, 0.5) is 0 Å². The number of ketones is 2. The molecule has 1 N–H and O–H groups in total. The van der Waals surface area contributed by atoms with Crippen LogP contribution >= 0.6 is 0 Å². The Morgan fingerprint density at radius 3 is 1.26 bits per heavy atom. The summed E-state index contributed by atoms with van der Waals surface area (Å²) in [6, 6.07) is 0. The molecule has 0 unspecified atom stereocenters. The summed E-state index contributed by atoms with van der Waals surface area (Å²) in [6.07, 6.45) is 46.3. The standard InChI is InChI=1S/2C20H30O3/c2*1-2-3-4-5-6-7-8-9-10-11-12-13-14-16-19(21)17-15-18-20(22)23/h2*6-7,9-10,12-14,16H,2-5,8,11,15,17-18H2,1H3,(H,22,23)/p-1/b2*7-6-,10-9-,13-12-,16-14+. The van der Waals surface area contributed by atoms with E-state index in [0.29, 0.717) is 19.3 Å². The Hall–Kier alpha value is -3.80. The number of carboxylic acid groups (broad SMARTS) is 2. The summed E-state index contributed by atoms with van der Waals surface area (Å²) in [7, 11) is 0. The Balaban J connectivity index is 0. The van der Waals surface area contributed by atoms with Crippen molar-refractivity contribution >= 4 is 23.5 Å². The summed E-state index contributed by atoms with van der Waals surface area (Å²) in [6.45, 7) is 4.42. The molecule has 0 atom stereocenters. The van der Waals surface area contributed by atoms with Crippen molar-refractivity contribution in [3.05, 3.63) is 97.2 Å². The number of carbonyl (C=O) groups excluding carboxylic acids is 3. The van der Waals surface area contributed by atoms with Gasteiger partial charge in [-0.15, -0.1) is 0 Å². The Kier molecular flexibility index (Phi) is 36.0. The summed E-state index contributed by atoms with van der Waals surface area (Å²) in [5.74, 6) is -2.05. The van der Waals surface area contributed by atoms with Crippen molar-refractivity contribution in [1.29, 1.82) is 0 Å². The van der Waals surface area contributed by atoms with E-state index < -0.39 is 11.9 Å². The maximum Gasteiger partial charge on any atom is 0.303 e. The fourth-order valence-corrected chi connectivity index (χ4v) is 3.78. The van der Waals surface area contributed by atoms with Crippen molar-refractivity contribution in [1.82, 2.24) is 0 Å². The van der Waals surface area contributed by atoms with Gasteiger partial charge in [0.05, 0.1) is 0 Å². The van der Waals surface area contributed by atoms with Crippen LogP contribution in [0.25, 0.3) is 0 Å². The first-order chi connectivity index (χ1) is 22.3. The molecule has 6 heteroatoms. The van der Waals surface area contributed by atoms with Crippen LogP contribution in [-0.2, 0) is 19.2 Å². The predicted molar refractivity (Wildman–Crippen MR) is 190 cm³/mol. The Bertz CT molecular complexity index is 938. The number of carbonyl (C=O) groups is 4. The lowest BCUT2D eigenvalue weighted by Crippen LogP contribution is -2.21. The first-order valence-electron chi connectivity index (χ1n) is 17.1. The summed E-state index contributed by atoms with van der Waals surface area (Å²) in [5.41, 5.74) is 0. The summed E-state index contributed by atoms with van der Waals surface area (Å²) in [4.78, 5) is 43.3. The molecule has 0 rings (SSSR count). The Morgan fingerprint density at radius 2 is 0.870 bits per heavy atom. The highest BCUT2D eigenvalue weighted by atomic mass is 16.4. The van der Waals surface area contributed by atoms with Crippen LogP contribution in [0.2, 0.25) is 0 Å². The van der Waals surface area contributed by atoms with Gasteiger partial charge in [0.25, 0.3) is 0 Å². The molecule has 0 aromatic carbocycles. The molecule has 0 heterocycles. The molecule has 0 amide bonds. The van der Waals surface area contributed by atoms with Gasteiger partial charge in [-0.25, -0.2) is 0 Å². The minimum absolute atomic E-state index is 0.0281. The minimum atomic E-state index is -1.11. The third kappa shape index (κ3) is 42.3. The van der Waals surface area contributed by atoms with Crippen LogP contribution in [0.1, 0.15) is 129 Å². The normalized spacial score (nSPS) is 12.2. The van der Waals surface area contributed by atoms with Gasteiger partial charge in [-0.05, 0) is 82.8 Å². The SMILES string of the molecule is CCCCC/C=C\C/C=C\C/C=C\C=C\C(=O)CCCC(=O)O.CCCCC/C=C\C/C=C\C/C=C\C=C\C(=O)CCCC(=O)[O-]. The van der Waals surface area contributed by atoms with Crippen molar-refractivity contribution < 1.29 is 29.4 Å². The molecule has 0 fully saturated rings.